The molecule has 1 aromatic carbocycles. The van der Waals surface area contributed by atoms with Crippen molar-refractivity contribution in [3.8, 4) is 5.75 Å². The summed E-state index contributed by atoms with van der Waals surface area (Å²) in [4.78, 5) is 34.1. The molecule has 7 heteroatoms. The lowest BCUT2D eigenvalue weighted by Gasteiger charge is -2.39. The second-order valence-corrected chi connectivity index (χ2v) is 9.24. The molecule has 2 aliphatic heterocycles. The molecule has 0 aliphatic carbocycles. The third-order valence-electron chi connectivity index (χ3n) is 6.32. The number of amides is 2. The summed E-state index contributed by atoms with van der Waals surface area (Å²) in [6.45, 7) is 4.65. The minimum atomic E-state index is -0.135. The molecule has 6 nitrogen and oxygen atoms in total. The van der Waals surface area contributed by atoms with E-state index in [1.807, 2.05) is 34.9 Å². The Morgan fingerprint density at radius 2 is 1.81 bits per heavy atom. The molecule has 2 saturated heterocycles. The van der Waals surface area contributed by atoms with Crippen molar-refractivity contribution in [1.82, 2.24) is 14.8 Å². The van der Waals surface area contributed by atoms with Gasteiger partial charge in [-0.2, -0.15) is 0 Å². The lowest BCUT2D eigenvalue weighted by Crippen LogP contribution is -2.50. The first kappa shape index (κ1) is 22.6. The number of hydrogen-bond acceptors (Lipinski definition) is 4. The Kier molecular flexibility index (Phi) is 7.30. The van der Waals surface area contributed by atoms with Gasteiger partial charge in [0, 0.05) is 62.4 Å². The van der Waals surface area contributed by atoms with Crippen molar-refractivity contribution in [2.45, 2.75) is 45.1 Å². The standard InChI is InChI=1S/C25H30ClN3O3/c1-18-13-19(16-27-15-18)25(31)29-12-9-23(32-22-7-5-21(26)6-8-22)20(17-29)14-24(30)28-10-3-2-4-11-28/h5-8,13,15-16,20,23H,2-4,9-12,14,17H2,1H3/t20-,23-/m0/s1. The van der Waals surface area contributed by atoms with Crippen LogP contribution in [0.4, 0.5) is 0 Å². The van der Waals surface area contributed by atoms with E-state index in [4.69, 9.17) is 16.3 Å². The number of rotatable bonds is 5. The van der Waals surface area contributed by atoms with Crippen LogP contribution in [0.3, 0.4) is 0 Å². The number of piperidine rings is 2. The van der Waals surface area contributed by atoms with Crippen molar-refractivity contribution in [3.63, 3.8) is 0 Å². The topological polar surface area (TPSA) is 62.7 Å². The van der Waals surface area contributed by atoms with Crippen molar-refractivity contribution >= 4 is 23.4 Å². The van der Waals surface area contributed by atoms with Crippen LogP contribution in [0.2, 0.25) is 5.02 Å². The maximum absolute atomic E-state index is 13.1. The quantitative estimate of drug-likeness (QED) is 0.672. The number of nitrogens with zero attached hydrogens (tertiary/aromatic N) is 3. The van der Waals surface area contributed by atoms with Crippen molar-refractivity contribution < 1.29 is 14.3 Å². The molecule has 0 unspecified atom stereocenters. The Labute approximate surface area is 194 Å². The second kappa shape index (κ2) is 10.3. The number of hydrogen-bond donors (Lipinski definition) is 0. The van der Waals surface area contributed by atoms with E-state index < -0.39 is 0 Å². The van der Waals surface area contributed by atoms with Crippen molar-refractivity contribution in [2.75, 3.05) is 26.2 Å². The second-order valence-electron chi connectivity index (χ2n) is 8.81. The van der Waals surface area contributed by atoms with Crippen molar-refractivity contribution in [3.05, 3.63) is 58.9 Å². The Hall–Kier alpha value is -2.60. The number of ether oxygens (including phenoxy) is 1. The predicted molar refractivity (Wildman–Crippen MR) is 124 cm³/mol. The van der Waals surface area contributed by atoms with Gasteiger partial charge < -0.3 is 14.5 Å². The molecule has 3 heterocycles. The van der Waals surface area contributed by atoms with E-state index in [0.29, 0.717) is 36.5 Å². The normalized spacial score (nSPS) is 21.3. The number of halogens is 1. The highest BCUT2D eigenvalue weighted by Crippen LogP contribution is 2.28. The molecule has 2 amide bonds. The van der Waals surface area contributed by atoms with E-state index in [9.17, 15) is 9.59 Å². The molecule has 2 aromatic rings. The monoisotopic (exact) mass is 455 g/mol. The molecule has 32 heavy (non-hydrogen) atoms. The third-order valence-corrected chi connectivity index (χ3v) is 6.57. The van der Waals surface area contributed by atoms with Gasteiger partial charge in [-0.05, 0) is 62.1 Å². The summed E-state index contributed by atoms with van der Waals surface area (Å²) in [5.41, 5.74) is 1.54. The fourth-order valence-corrected chi connectivity index (χ4v) is 4.71. The summed E-state index contributed by atoms with van der Waals surface area (Å²) in [6, 6.07) is 9.16. The van der Waals surface area contributed by atoms with E-state index in [2.05, 4.69) is 4.98 Å². The van der Waals surface area contributed by atoms with Crippen LogP contribution in [-0.4, -0.2) is 58.9 Å². The Morgan fingerprint density at radius 3 is 2.53 bits per heavy atom. The van der Waals surface area contributed by atoms with Gasteiger partial charge in [-0.3, -0.25) is 14.6 Å². The van der Waals surface area contributed by atoms with Crippen LogP contribution >= 0.6 is 11.6 Å². The van der Waals surface area contributed by atoms with Crippen LogP contribution in [0.5, 0.6) is 5.75 Å². The summed E-state index contributed by atoms with van der Waals surface area (Å²) < 4.78 is 6.28. The van der Waals surface area contributed by atoms with Gasteiger partial charge in [0.05, 0.1) is 5.56 Å². The van der Waals surface area contributed by atoms with E-state index in [1.54, 1.807) is 24.5 Å². The lowest BCUT2D eigenvalue weighted by molar-refractivity contribution is -0.134. The van der Waals surface area contributed by atoms with Crippen LogP contribution in [0.25, 0.3) is 0 Å². The van der Waals surface area contributed by atoms with Gasteiger partial charge in [0.15, 0.2) is 0 Å². The first-order valence-corrected chi connectivity index (χ1v) is 11.8. The molecule has 0 radical (unpaired) electrons. The number of carbonyl (C=O) groups is 2. The van der Waals surface area contributed by atoms with Crippen LogP contribution < -0.4 is 4.74 Å². The smallest absolute Gasteiger partial charge is 0.255 e. The first-order chi connectivity index (χ1) is 15.5. The molecule has 0 bridgehead atoms. The molecule has 0 saturated carbocycles. The van der Waals surface area contributed by atoms with Gasteiger partial charge in [0.25, 0.3) is 5.91 Å². The molecule has 170 valence electrons. The Bertz CT molecular complexity index is 944. The van der Waals surface area contributed by atoms with Crippen LogP contribution in [0.15, 0.2) is 42.7 Å². The highest BCUT2D eigenvalue weighted by Gasteiger charge is 2.36. The number of carbonyl (C=O) groups excluding carboxylic acids is 2. The molecule has 2 atom stereocenters. The van der Waals surface area contributed by atoms with Crippen molar-refractivity contribution in [1.29, 1.82) is 0 Å². The zero-order valence-corrected chi connectivity index (χ0v) is 19.3. The molecule has 2 aliphatic rings. The van der Waals surface area contributed by atoms with Gasteiger partial charge in [-0.15, -0.1) is 0 Å². The fourth-order valence-electron chi connectivity index (χ4n) is 4.59. The zero-order valence-electron chi connectivity index (χ0n) is 18.5. The largest absolute Gasteiger partial charge is 0.490 e. The number of pyridine rings is 1. The van der Waals surface area contributed by atoms with Crippen LogP contribution in [0, 0.1) is 12.8 Å². The number of aryl methyl sites for hydroxylation is 1. The molecular formula is C25H30ClN3O3. The first-order valence-electron chi connectivity index (χ1n) is 11.4. The van der Waals surface area contributed by atoms with E-state index in [-0.39, 0.29) is 23.8 Å². The average Bonchev–Trinajstić information content (AvgIpc) is 2.81. The lowest BCUT2D eigenvalue weighted by atomic mass is 9.90. The number of aromatic nitrogens is 1. The minimum Gasteiger partial charge on any atom is -0.490 e. The third kappa shape index (κ3) is 5.60. The number of benzene rings is 1. The number of likely N-dealkylation sites (tertiary alicyclic amines) is 2. The highest BCUT2D eigenvalue weighted by atomic mass is 35.5. The SMILES string of the molecule is Cc1cncc(C(=O)N2CC[C@H](Oc3ccc(Cl)cc3)[C@@H](CC(=O)N3CCCCC3)C2)c1. The summed E-state index contributed by atoms with van der Waals surface area (Å²) in [5.74, 6) is 0.778. The van der Waals surface area contributed by atoms with E-state index >= 15 is 0 Å². The van der Waals surface area contributed by atoms with Crippen LogP contribution in [-0.2, 0) is 4.79 Å². The Balaban J connectivity index is 1.49. The maximum Gasteiger partial charge on any atom is 0.255 e. The van der Waals surface area contributed by atoms with E-state index in [1.165, 1.54) is 6.42 Å². The summed E-state index contributed by atoms with van der Waals surface area (Å²) in [6.07, 6.45) is 7.58. The fraction of sp³-hybridized carbons (Fsp3) is 0.480. The molecule has 0 N–H and O–H groups in total. The minimum absolute atomic E-state index is 0.0402. The Morgan fingerprint density at radius 1 is 1.06 bits per heavy atom. The molecule has 0 spiro atoms. The maximum atomic E-state index is 13.1. The zero-order chi connectivity index (χ0) is 22.5. The van der Waals surface area contributed by atoms with Crippen molar-refractivity contribution in [2.24, 2.45) is 5.92 Å². The van der Waals surface area contributed by atoms with Gasteiger partial charge in [-0.1, -0.05) is 11.6 Å². The van der Waals surface area contributed by atoms with Gasteiger partial charge in [0.2, 0.25) is 5.91 Å². The molecule has 4 rings (SSSR count). The van der Waals surface area contributed by atoms with Gasteiger partial charge in [0.1, 0.15) is 11.9 Å². The van der Waals surface area contributed by atoms with E-state index in [0.717, 1.165) is 37.2 Å². The van der Waals surface area contributed by atoms with Gasteiger partial charge in [-0.25, -0.2) is 0 Å². The average molecular weight is 456 g/mol. The summed E-state index contributed by atoms with van der Waals surface area (Å²) in [7, 11) is 0. The van der Waals surface area contributed by atoms with Crippen LogP contribution in [0.1, 0.15) is 48.0 Å². The molecule has 2 fully saturated rings. The molecule has 1 aromatic heterocycles. The van der Waals surface area contributed by atoms with Gasteiger partial charge >= 0.3 is 0 Å². The highest BCUT2D eigenvalue weighted by molar-refractivity contribution is 6.30. The summed E-state index contributed by atoms with van der Waals surface area (Å²) in [5, 5.41) is 0.654. The summed E-state index contributed by atoms with van der Waals surface area (Å²) >= 11 is 6.01. The predicted octanol–water partition coefficient (Wildman–Crippen LogP) is 4.36. The molecular weight excluding hydrogens is 426 g/mol.